The van der Waals surface area contributed by atoms with Crippen LogP contribution in [0.25, 0.3) is 0 Å². The van der Waals surface area contributed by atoms with Crippen LogP contribution < -0.4 is 19.5 Å². The molecule has 2 aromatic carbocycles. The van der Waals surface area contributed by atoms with Gasteiger partial charge >= 0.3 is 0 Å². The van der Waals surface area contributed by atoms with Gasteiger partial charge in [-0.2, -0.15) is 0 Å². The fraction of sp³-hybridized carbons (Fsp3) is 0.294. The van der Waals surface area contributed by atoms with Gasteiger partial charge in [0.1, 0.15) is 5.75 Å². The van der Waals surface area contributed by atoms with Crippen LogP contribution in [0.5, 0.6) is 17.2 Å². The molecule has 1 aliphatic rings. The van der Waals surface area contributed by atoms with Crippen molar-refractivity contribution < 1.29 is 14.2 Å². The monoisotopic (exact) mass is 285 g/mol. The molecule has 3 rings (SSSR count). The molecule has 21 heavy (non-hydrogen) atoms. The lowest BCUT2D eigenvalue weighted by Crippen LogP contribution is -2.18. The third-order valence-corrected chi connectivity index (χ3v) is 3.67. The molecule has 1 heterocycles. The van der Waals surface area contributed by atoms with Crippen LogP contribution in [0.4, 0.5) is 0 Å². The Balaban J connectivity index is 1.68. The zero-order valence-electron chi connectivity index (χ0n) is 12.3. The molecule has 4 heteroatoms. The molecule has 0 fully saturated rings. The van der Waals surface area contributed by atoms with E-state index in [0.717, 1.165) is 29.4 Å². The number of methoxy groups -OCH3 is 1. The first kappa shape index (κ1) is 13.8. The van der Waals surface area contributed by atoms with Crippen molar-refractivity contribution in [1.29, 1.82) is 0 Å². The second-order valence-corrected chi connectivity index (χ2v) is 5.03. The van der Waals surface area contributed by atoms with Gasteiger partial charge in [-0.3, -0.25) is 0 Å². The van der Waals surface area contributed by atoms with E-state index in [4.69, 9.17) is 14.2 Å². The molecule has 1 N–H and O–H groups in total. The van der Waals surface area contributed by atoms with E-state index in [9.17, 15) is 0 Å². The summed E-state index contributed by atoms with van der Waals surface area (Å²) in [6.07, 6.45) is 0. The molecule has 0 aromatic heterocycles. The number of rotatable bonds is 5. The Morgan fingerprint density at radius 3 is 2.90 bits per heavy atom. The SMILES string of the molecule is COc1cccc([C@H](C)NCc2cccc3c2OCO3)c1. The van der Waals surface area contributed by atoms with E-state index < -0.39 is 0 Å². The number of hydrogen-bond acceptors (Lipinski definition) is 4. The quantitative estimate of drug-likeness (QED) is 0.915. The molecule has 0 saturated carbocycles. The summed E-state index contributed by atoms with van der Waals surface area (Å²) < 4.78 is 16.2. The highest BCUT2D eigenvalue weighted by Crippen LogP contribution is 2.35. The van der Waals surface area contributed by atoms with Crippen molar-refractivity contribution >= 4 is 0 Å². The van der Waals surface area contributed by atoms with E-state index in [2.05, 4.69) is 24.4 Å². The summed E-state index contributed by atoms with van der Waals surface area (Å²) >= 11 is 0. The lowest BCUT2D eigenvalue weighted by molar-refractivity contribution is 0.173. The van der Waals surface area contributed by atoms with Crippen molar-refractivity contribution in [2.24, 2.45) is 0 Å². The predicted molar refractivity (Wildman–Crippen MR) is 80.8 cm³/mol. The summed E-state index contributed by atoms with van der Waals surface area (Å²) in [5.74, 6) is 2.55. The molecular weight excluding hydrogens is 266 g/mol. The predicted octanol–water partition coefficient (Wildman–Crippen LogP) is 3.27. The Morgan fingerprint density at radius 2 is 2.05 bits per heavy atom. The number of ether oxygens (including phenoxy) is 3. The number of para-hydroxylation sites is 1. The number of nitrogens with one attached hydrogen (secondary N) is 1. The van der Waals surface area contributed by atoms with E-state index in [1.807, 2.05) is 30.3 Å². The zero-order chi connectivity index (χ0) is 14.7. The lowest BCUT2D eigenvalue weighted by Gasteiger charge is -2.16. The first-order valence-corrected chi connectivity index (χ1v) is 7.03. The van der Waals surface area contributed by atoms with Crippen molar-refractivity contribution in [3.63, 3.8) is 0 Å². The Morgan fingerprint density at radius 1 is 1.19 bits per heavy atom. The second kappa shape index (κ2) is 6.06. The molecule has 110 valence electrons. The van der Waals surface area contributed by atoms with Crippen molar-refractivity contribution in [1.82, 2.24) is 5.32 Å². The highest BCUT2D eigenvalue weighted by Gasteiger charge is 2.17. The van der Waals surface area contributed by atoms with Crippen molar-refractivity contribution in [2.75, 3.05) is 13.9 Å². The molecule has 0 radical (unpaired) electrons. The van der Waals surface area contributed by atoms with Crippen LogP contribution in [-0.2, 0) is 6.54 Å². The first-order chi connectivity index (χ1) is 10.3. The van der Waals surface area contributed by atoms with Gasteiger partial charge in [0, 0.05) is 18.2 Å². The third kappa shape index (κ3) is 2.95. The molecule has 0 spiro atoms. The highest BCUT2D eigenvalue weighted by atomic mass is 16.7. The zero-order valence-corrected chi connectivity index (χ0v) is 12.3. The lowest BCUT2D eigenvalue weighted by atomic mass is 10.1. The van der Waals surface area contributed by atoms with Gasteiger partial charge in [-0.15, -0.1) is 0 Å². The maximum absolute atomic E-state index is 5.52. The molecule has 2 aromatic rings. The molecular formula is C17H19NO3. The topological polar surface area (TPSA) is 39.7 Å². The number of fused-ring (bicyclic) bond motifs is 1. The van der Waals surface area contributed by atoms with Crippen LogP contribution in [0, 0.1) is 0 Å². The summed E-state index contributed by atoms with van der Waals surface area (Å²) in [6.45, 7) is 3.16. The number of benzene rings is 2. The Kier molecular flexibility index (Phi) is 3.97. The summed E-state index contributed by atoms with van der Waals surface area (Å²) in [5.41, 5.74) is 2.30. The fourth-order valence-corrected chi connectivity index (χ4v) is 2.42. The van der Waals surface area contributed by atoms with Gasteiger partial charge in [0.2, 0.25) is 6.79 Å². The van der Waals surface area contributed by atoms with Crippen LogP contribution in [0.15, 0.2) is 42.5 Å². The average Bonchev–Trinajstić information content (AvgIpc) is 3.01. The van der Waals surface area contributed by atoms with E-state index >= 15 is 0 Å². The van der Waals surface area contributed by atoms with E-state index in [1.54, 1.807) is 7.11 Å². The van der Waals surface area contributed by atoms with Crippen LogP contribution in [0.2, 0.25) is 0 Å². The van der Waals surface area contributed by atoms with Gasteiger partial charge in [-0.1, -0.05) is 24.3 Å². The van der Waals surface area contributed by atoms with Crippen molar-refractivity contribution in [2.45, 2.75) is 19.5 Å². The minimum absolute atomic E-state index is 0.221. The standard InChI is InChI=1S/C17H19NO3/c1-12(13-5-3-7-15(9-13)19-2)18-10-14-6-4-8-16-17(14)21-11-20-16/h3-9,12,18H,10-11H2,1-2H3/t12-/m0/s1. The summed E-state index contributed by atoms with van der Waals surface area (Å²) in [4.78, 5) is 0. The van der Waals surface area contributed by atoms with Gasteiger partial charge < -0.3 is 19.5 Å². The average molecular weight is 285 g/mol. The van der Waals surface area contributed by atoms with Gasteiger partial charge in [0.25, 0.3) is 0 Å². The molecule has 0 unspecified atom stereocenters. The van der Waals surface area contributed by atoms with E-state index in [-0.39, 0.29) is 6.04 Å². The maximum atomic E-state index is 5.52. The van der Waals surface area contributed by atoms with Gasteiger partial charge in [0.15, 0.2) is 11.5 Å². The summed E-state index contributed by atoms with van der Waals surface area (Å²) in [6, 6.07) is 14.3. The van der Waals surface area contributed by atoms with Crippen molar-refractivity contribution in [3.8, 4) is 17.2 Å². The van der Waals surface area contributed by atoms with Crippen molar-refractivity contribution in [3.05, 3.63) is 53.6 Å². The Hall–Kier alpha value is -2.20. The molecule has 0 saturated heterocycles. The summed E-state index contributed by atoms with van der Waals surface area (Å²) in [5, 5.41) is 3.51. The highest BCUT2D eigenvalue weighted by molar-refractivity contribution is 5.48. The first-order valence-electron chi connectivity index (χ1n) is 7.03. The Labute approximate surface area is 124 Å². The smallest absolute Gasteiger partial charge is 0.231 e. The third-order valence-electron chi connectivity index (χ3n) is 3.67. The molecule has 0 aliphatic carbocycles. The van der Waals surface area contributed by atoms with Crippen LogP contribution in [0.1, 0.15) is 24.1 Å². The molecule has 1 atom stereocenters. The van der Waals surface area contributed by atoms with Crippen LogP contribution in [-0.4, -0.2) is 13.9 Å². The van der Waals surface area contributed by atoms with Gasteiger partial charge in [-0.25, -0.2) is 0 Å². The van der Waals surface area contributed by atoms with E-state index in [0.29, 0.717) is 6.79 Å². The van der Waals surface area contributed by atoms with E-state index in [1.165, 1.54) is 5.56 Å². The van der Waals surface area contributed by atoms with Gasteiger partial charge in [-0.05, 0) is 30.7 Å². The Bertz CT molecular complexity index is 627. The minimum atomic E-state index is 0.221. The van der Waals surface area contributed by atoms with Crippen LogP contribution >= 0.6 is 0 Å². The molecule has 4 nitrogen and oxygen atoms in total. The van der Waals surface area contributed by atoms with Gasteiger partial charge in [0.05, 0.1) is 7.11 Å². The molecule has 0 amide bonds. The molecule has 1 aliphatic heterocycles. The minimum Gasteiger partial charge on any atom is -0.497 e. The summed E-state index contributed by atoms with van der Waals surface area (Å²) in [7, 11) is 1.68. The number of hydrogen-bond donors (Lipinski definition) is 1. The largest absolute Gasteiger partial charge is 0.497 e. The maximum Gasteiger partial charge on any atom is 0.231 e. The van der Waals surface area contributed by atoms with Crippen LogP contribution in [0.3, 0.4) is 0 Å². The fourth-order valence-electron chi connectivity index (χ4n) is 2.42. The normalized spacial score (nSPS) is 14.0. The second-order valence-electron chi connectivity index (χ2n) is 5.03. The molecule has 0 bridgehead atoms.